The maximum atomic E-state index is 10.3. The van der Waals surface area contributed by atoms with Crippen molar-refractivity contribution in [3.05, 3.63) is 82.9 Å². The van der Waals surface area contributed by atoms with E-state index in [1.807, 2.05) is 24.3 Å². The molecule has 0 fully saturated rings. The van der Waals surface area contributed by atoms with Gasteiger partial charge in [-0.1, -0.05) is 0 Å². The molecule has 4 aromatic carbocycles. The standard InChI is InChI=1S/C38H46O12/c1-45-29-10-25(11-30(18-29)46-2)20-49-7-5-6-27(8-23-14-33(39)37(43)34(40)15-23)28(9-24-16-35(41)38(44)36(42)17-24)22-50-21-26-12-31(47-3)19-32(13-26)48-4/h10-19,27-28,39-44H,5-9,20-22H2,1-4H3/t27-,28+/m1/s1. The van der Waals surface area contributed by atoms with Gasteiger partial charge in [0, 0.05) is 18.7 Å². The van der Waals surface area contributed by atoms with E-state index in [4.69, 9.17) is 28.4 Å². The predicted molar refractivity (Wildman–Crippen MR) is 185 cm³/mol. The number of hydrogen-bond donors (Lipinski definition) is 6. The van der Waals surface area contributed by atoms with Crippen LogP contribution in [0, 0.1) is 11.8 Å². The van der Waals surface area contributed by atoms with Crippen LogP contribution in [-0.4, -0.2) is 72.3 Å². The number of benzene rings is 4. The molecule has 0 aliphatic carbocycles. The van der Waals surface area contributed by atoms with E-state index in [2.05, 4.69) is 0 Å². The molecular formula is C38H46O12. The Morgan fingerprint density at radius 3 is 1.24 bits per heavy atom. The van der Waals surface area contributed by atoms with Crippen LogP contribution in [0.25, 0.3) is 0 Å². The molecule has 270 valence electrons. The highest BCUT2D eigenvalue weighted by Gasteiger charge is 2.25. The maximum absolute atomic E-state index is 10.3. The third-order valence-electron chi connectivity index (χ3n) is 8.48. The normalized spacial score (nSPS) is 12.3. The summed E-state index contributed by atoms with van der Waals surface area (Å²) in [6.07, 6.45) is 1.98. The van der Waals surface area contributed by atoms with Crippen molar-refractivity contribution >= 4 is 0 Å². The number of methoxy groups -OCH3 is 4. The van der Waals surface area contributed by atoms with Gasteiger partial charge in [-0.2, -0.15) is 0 Å². The van der Waals surface area contributed by atoms with Gasteiger partial charge in [0.05, 0.1) is 48.3 Å². The van der Waals surface area contributed by atoms with Crippen LogP contribution in [0.1, 0.15) is 35.1 Å². The fourth-order valence-corrected chi connectivity index (χ4v) is 5.89. The third kappa shape index (κ3) is 10.4. The molecule has 12 heteroatoms. The van der Waals surface area contributed by atoms with Crippen molar-refractivity contribution in [2.45, 2.75) is 38.9 Å². The molecule has 50 heavy (non-hydrogen) atoms. The van der Waals surface area contributed by atoms with Gasteiger partial charge in [0.25, 0.3) is 0 Å². The Hall–Kier alpha value is -5.20. The summed E-state index contributed by atoms with van der Waals surface area (Å²) in [6.45, 7) is 1.23. The smallest absolute Gasteiger partial charge is 0.200 e. The zero-order valence-electron chi connectivity index (χ0n) is 28.7. The molecule has 0 saturated heterocycles. The topological polar surface area (TPSA) is 177 Å². The molecule has 4 rings (SSSR count). The van der Waals surface area contributed by atoms with Crippen LogP contribution in [-0.2, 0) is 35.5 Å². The molecule has 0 saturated carbocycles. The number of ether oxygens (including phenoxy) is 6. The lowest BCUT2D eigenvalue weighted by Gasteiger charge is -2.28. The van der Waals surface area contributed by atoms with E-state index < -0.39 is 34.5 Å². The van der Waals surface area contributed by atoms with Crippen LogP contribution in [0.3, 0.4) is 0 Å². The van der Waals surface area contributed by atoms with Gasteiger partial charge in [0.15, 0.2) is 34.5 Å². The minimum atomic E-state index is -0.606. The van der Waals surface area contributed by atoms with Crippen LogP contribution in [0.2, 0.25) is 0 Å². The molecule has 4 aromatic rings. The SMILES string of the molecule is COc1cc(COCCC[C@H](Cc2cc(O)c(O)c(O)c2)[C@H](COCc2cc(OC)cc(OC)c2)Cc2cc(O)c(O)c(O)c2)cc(OC)c1. The molecule has 0 aliphatic rings. The van der Waals surface area contributed by atoms with E-state index >= 15 is 0 Å². The minimum Gasteiger partial charge on any atom is -0.504 e. The highest BCUT2D eigenvalue weighted by Crippen LogP contribution is 2.39. The minimum absolute atomic E-state index is 0.142. The number of phenols is 6. The van der Waals surface area contributed by atoms with E-state index in [0.29, 0.717) is 73.0 Å². The van der Waals surface area contributed by atoms with Crippen molar-refractivity contribution in [1.29, 1.82) is 0 Å². The quantitative estimate of drug-likeness (QED) is 0.0486. The summed E-state index contributed by atoms with van der Waals surface area (Å²) in [4.78, 5) is 0. The monoisotopic (exact) mass is 694 g/mol. The molecular weight excluding hydrogens is 648 g/mol. The zero-order valence-corrected chi connectivity index (χ0v) is 28.7. The molecule has 0 unspecified atom stereocenters. The first-order chi connectivity index (χ1) is 24.0. The Morgan fingerprint density at radius 1 is 0.460 bits per heavy atom. The Labute approximate surface area is 291 Å². The van der Waals surface area contributed by atoms with Crippen molar-refractivity contribution in [1.82, 2.24) is 0 Å². The lowest BCUT2D eigenvalue weighted by Crippen LogP contribution is -2.25. The van der Waals surface area contributed by atoms with Gasteiger partial charge in [-0.25, -0.2) is 0 Å². The Kier molecular flexibility index (Phi) is 13.5. The summed E-state index contributed by atoms with van der Waals surface area (Å²) in [6, 6.07) is 16.6. The van der Waals surface area contributed by atoms with Crippen LogP contribution in [0.15, 0.2) is 60.7 Å². The largest absolute Gasteiger partial charge is 0.504 e. The number of phenolic OH excluding ortho intramolecular Hbond substituents is 6. The lowest BCUT2D eigenvalue weighted by molar-refractivity contribution is 0.0578. The molecule has 2 atom stereocenters. The van der Waals surface area contributed by atoms with Crippen molar-refractivity contribution in [2.75, 3.05) is 41.7 Å². The molecule has 0 aliphatic heterocycles. The van der Waals surface area contributed by atoms with E-state index in [1.54, 1.807) is 40.6 Å². The second-order valence-corrected chi connectivity index (χ2v) is 12.0. The van der Waals surface area contributed by atoms with Gasteiger partial charge in [0.2, 0.25) is 0 Å². The summed E-state index contributed by atoms with van der Waals surface area (Å²) in [5.41, 5.74) is 2.87. The van der Waals surface area contributed by atoms with E-state index in [-0.39, 0.29) is 25.0 Å². The first-order valence-corrected chi connectivity index (χ1v) is 16.1. The molecule has 0 amide bonds. The van der Waals surface area contributed by atoms with Crippen LogP contribution in [0.5, 0.6) is 57.5 Å². The van der Waals surface area contributed by atoms with Gasteiger partial charge in [-0.15, -0.1) is 0 Å². The molecule has 0 heterocycles. The second-order valence-electron chi connectivity index (χ2n) is 12.0. The predicted octanol–water partition coefficient (Wildman–Crippen LogP) is 6.19. The van der Waals surface area contributed by atoms with Gasteiger partial charge in [0.1, 0.15) is 23.0 Å². The Morgan fingerprint density at radius 2 is 0.840 bits per heavy atom. The zero-order chi connectivity index (χ0) is 36.2. The fourth-order valence-electron chi connectivity index (χ4n) is 5.89. The number of rotatable bonds is 19. The van der Waals surface area contributed by atoms with Gasteiger partial charge in [-0.3, -0.25) is 0 Å². The lowest BCUT2D eigenvalue weighted by atomic mass is 9.80. The average molecular weight is 695 g/mol. The molecule has 0 spiro atoms. The third-order valence-corrected chi connectivity index (χ3v) is 8.48. The van der Waals surface area contributed by atoms with E-state index in [9.17, 15) is 30.6 Å². The fraction of sp³-hybridized carbons (Fsp3) is 0.368. The molecule has 12 nitrogen and oxygen atoms in total. The Balaban J connectivity index is 1.57. The van der Waals surface area contributed by atoms with Crippen molar-refractivity contribution < 1.29 is 59.1 Å². The van der Waals surface area contributed by atoms with Gasteiger partial charge >= 0.3 is 0 Å². The highest BCUT2D eigenvalue weighted by molar-refractivity contribution is 5.52. The number of aromatic hydroxyl groups is 6. The van der Waals surface area contributed by atoms with E-state index in [1.165, 1.54) is 24.3 Å². The molecule has 0 bridgehead atoms. The summed E-state index contributed by atoms with van der Waals surface area (Å²) in [5.74, 6) is -0.807. The van der Waals surface area contributed by atoms with Crippen LogP contribution >= 0.6 is 0 Å². The molecule has 0 aromatic heterocycles. The first-order valence-electron chi connectivity index (χ1n) is 16.1. The van der Waals surface area contributed by atoms with Crippen molar-refractivity contribution in [2.24, 2.45) is 11.8 Å². The van der Waals surface area contributed by atoms with Crippen LogP contribution in [0.4, 0.5) is 0 Å². The van der Waals surface area contributed by atoms with Crippen molar-refractivity contribution in [3.8, 4) is 57.5 Å². The van der Waals surface area contributed by atoms with Crippen molar-refractivity contribution in [3.63, 3.8) is 0 Å². The van der Waals surface area contributed by atoms with E-state index in [0.717, 1.165) is 11.1 Å². The van der Waals surface area contributed by atoms with Gasteiger partial charge in [-0.05, 0) is 108 Å². The molecule has 0 radical (unpaired) electrons. The summed E-state index contributed by atoms with van der Waals surface area (Å²) >= 11 is 0. The second kappa shape index (κ2) is 18.0. The number of hydrogen-bond acceptors (Lipinski definition) is 12. The Bertz CT molecular complexity index is 1620. The van der Waals surface area contributed by atoms with Crippen LogP contribution < -0.4 is 18.9 Å². The molecule has 6 N–H and O–H groups in total. The summed E-state index contributed by atoms with van der Waals surface area (Å²) in [7, 11) is 6.31. The first kappa shape index (κ1) is 37.6. The highest BCUT2D eigenvalue weighted by atomic mass is 16.5. The maximum Gasteiger partial charge on any atom is 0.200 e. The van der Waals surface area contributed by atoms with Gasteiger partial charge < -0.3 is 59.1 Å². The summed E-state index contributed by atoms with van der Waals surface area (Å²) < 4.78 is 33.8. The summed E-state index contributed by atoms with van der Waals surface area (Å²) in [5, 5.41) is 61.0. The average Bonchev–Trinajstić information content (AvgIpc) is 3.11.